The van der Waals surface area contributed by atoms with Crippen molar-refractivity contribution < 1.29 is 0 Å². The number of hydrogen-bond acceptors (Lipinski definition) is 3. The first-order valence-corrected chi connectivity index (χ1v) is 11.6. The molecule has 1 aromatic heterocycles. The molecule has 0 spiro atoms. The van der Waals surface area contributed by atoms with Crippen LogP contribution in [-0.2, 0) is 0 Å². The van der Waals surface area contributed by atoms with Gasteiger partial charge in [-0.25, -0.2) is 4.98 Å². The average molecular weight is 444 g/mol. The van der Waals surface area contributed by atoms with Crippen LogP contribution in [0, 0.1) is 27.7 Å². The monoisotopic (exact) mass is 443 g/mol. The zero-order chi connectivity index (χ0) is 24.0. The van der Waals surface area contributed by atoms with Crippen LogP contribution in [0.4, 0.5) is 11.4 Å². The summed E-state index contributed by atoms with van der Waals surface area (Å²) in [6.07, 6.45) is 0. The van der Waals surface area contributed by atoms with Crippen molar-refractivity contribution >= 4 is 22.1 Å². The lowest BCUT2D eigenvalue weighted by atomic mass is 9.87. The van der Waals surface area contributed by atoms with E-state index in [1.807, 2.05) is 18.2 Å². The van der Waals surface area contributed by atoms with Crippen molar-refractivity contribution in [1.29, 1.82) is 0 Å². The zero-order valence-electron chi connectivity index (χ0n) is 20.1. The predicted octanol–water partition coefficient (Wildman–Crippen LogP) is 7.63. The molecule has 5 aromatic rings. The van der Waals surface area contributed by atoms with E-state index in [0.717, 1.165) is 67.1 Å². The topological polar surface area (TPSA) is 64.9 Å². The Balaban J connectivity index is 1.96. The molecule has 4 N–H and O–H groups in total. The largest absolute Gasteiger partial charge is 0.399 e. The molecule has 0 radical (unpaired) electrons. The standard InChI is InChI=1S/C31H29N3/c1-18-20(3)27(32)16-14-23(18)29-25-12-8-9-13-26(25)31(24-15-17-28(33)21(4)19(24)2)34-30(29)22-10-6-5-7-11-22/h5-17H,32-33H2,1-4H3. The van der Waals surface area contributed by atoms with E-state index in [4.69, 9.17) is 16.5 Å². The summed E-state index contributed by atoms with van der Waals surface area (Å²) in [6, 6.07) is 27.2. The molecule has 0 saturated heterocycles. The second-order valence-corrected chi connectivity index (χ2v) is 9.00. The maximum Gasteiger partial charge on any atom is 0.0794 e. The Hall–Kier alpha value is -4.11. The van der Waals surface area contributed by atoms with Crippen LogP contribution < -0.4 is 11.5 Å². The maximum absolute atomic E-state index is 6.25. The molecule has 3 heteroatoms. The molecule has 34 heavy (non-hydrogen) atoms. The first-order chi connectivity index (χ1) is 16.4. The van der Waals surface area contributed by atoms with Crippen molar-refractivity contribution in [3.05, 3.63) is 101 Å². The summed E-state index contributed by atoms with van der Waals surface area (Å²) in [6.45, 7) is 8.43. The van der Waals surface area contributed by atoms with Gasteiger partial charge in [0.05, 0.1) is 11.4 Å². The molecular formula is C31H29N3. The number of nitrogen functional groups attached to an aromatic ring is 2. The molecule has 4 aromatic carbocycles. The van der Waals surface area contributed by atoms with Crippen molar-refractivity contribution in [3.8, 4) is 33.6 Å². The Morgan fingerprint density at radius 3 is 1.68 bits per heavy atom. The maximum atomic E-state index is 6.25. The van der Waals surface area contributed by atoms with Crippen molar-refractivity contribution in [2.45, 2.75) is 27.7 Å². The van der Waals surface area contributed by atoms with Gasteiger partial charge in [0.2, 0.25) is 0 Å². The quantitative estimate of drug-likeness (QED) is 0.282. The molecule has 0 fully saturated rings. The molecule has 0 saturated carbocycles. The number of nitrogens with zero attached hydrogens (tertiary/aromatic N) is 1. The highest BCUT2D eigenvalue weighted by Crippen LogP contribution is 2.43. The van der Waals surface area contributed by atoms with E-state index >= 15 is 0 Å². The Bertz CT molecular complexity index is 1550. The molecule has 0 atom stereocenters. The molecule has 1 heterocycles. The van der Waals surface area contributed by atoms with Crippen LogP contribution in [0.2, 0.25) is 0 Å². The molecule has 168 valence electrons. The number of fused-ring (bicyclic) bond motifs is 1. The number of nitrogens with two attached hydrogens (primary N) is 2. The Morgan fingerprint density at radius 1 is 0.500 bits per heavy atom. The van der Waals surface area contributed by atoms with Crippen LogP contribution in [0.5, 0.6) is 0 Å². The fourth-order valence-electron chi connectivity index (χ4n) is 4.76. The van der Waals surface area contributed by atoms with Gasteiger partial charge in [-0.05, 0) is 73.0 Å². The number of anilines is 2. The number of hydrogen-bond donors (Lipinski definition) is 2. The lowest BCUT2D eigenvalue weighted by Crippen LogP contribution is -2.01. The van der Waals surface area contributed by atoms with Gasteiger partial charge in [0, 0.05) is 33.5 Å². The van der Waals surface area contributed by atoms with Gasteiger partial charge in [-0.15, -0.1) is 0 Å². The van der Waals surface area contributed by atoms with E-state index in [2.05, 4.69) is 88.4 Å². The van der Waals surface area contributed by atoms with Gasteiger partial charge in [0.15, 0.2) is 0 Å². The van der Waals surface area contributed by atoms with Crippen molar-refractivity contribution in [2.24, 2.45) is 0 Å². The van der Waals surface area contributed by atoms with Crippen LogP contribution in [0.1, 0.15) is 22.3 Å². The average Bonchev–Trinajstić information content (AvgIpc) is 2.86. The van der Waals surface area contributed by atoms with Gasteiger partial charge in [0.25, 0.3) is 0 Å². The number of benzene rings is 4. The fourth-order valence-corrected chi connectivity index (χ4v) is 4.76. The Morgan fingerprint density at radius 2 is 1.03 bits per heavy atom. The normalized spacial score (nSPS) is 11.2. The zero-order valence-corrected chi connectivity index (χ0v) is 20.1. The summed E-state index contributed by atoms with van der Waals surface area (Å²) in [5, 5.41) is 2.30. The van der Waals surface area contributed by atoms with Crippen LogP contribution in [-0.4, -0.2) is 4.98 Å². The van der Waals surface area contributed by atoms with Crippen LogP contribution in [0.15, 0.2) is 78.9 Å². The first kappa shape index (κ1) is 21.7. The molecule has 3 nitrogen and oxygen atoms in total. The van der Waals surface area contributed by atoms with E-state index in [0.29, 0.717) is 0 Å². The summed E-state index contributed by atoms with van der Waals surface area (Å²) in [7, 11) is 0. The molecule has 0 amide bonds. The molecule has 0 aliphatic carbocycles. The fraction of sp³-hybridized carbons (Fsp3) is 0.129. The lowest BCUT2D eigenvalue weighted by molar-refractivity contribution is 1.29. The van der Waals surface area contributed by atoms with Gasteiger partial charge < -0.3 is 11.5 Å². The second kappa shape index (κ2) is 8.35. The van der Waals surface area contributed by atoms with Crippen molar-refractivity contribution in [1.82, 2.24) is 4.98 Å². The Labute approximate surface area is 201 Å². The second-order valence-electron chi connectivity index (χ2n) is 9.00. The van der Waals surface area contributed by atoms with E-state index in [1.165, 1.54) is 10.9 Å². The first-order valence-electron chi connectivity index (χ1n) is 11.6. The summed E-state index contributed by atoms with van der Waals surface area (Å²) >= 11 is 0. The third-order valence-electron chi connectivity index (χ3n) is 7.14. The SMILES string of the molecule is Cc1c(N)ccc(-c2nc(-c3ccccc3)c(-c3ccc(N)c(C)c3C)c3ccccc23)c1C. The summed E-state index contributed by atoms with van der Waals surface area (Å²) in [4.78, 5) is 5.37. The van der Waals surface area contributed by atoms with Gasteiger partial charge in [-0.3, -0.25) is 0 Å². The third-order valence-corrected chi connectivity index (χ3v) is 7.14. The highest BCUT2D eigenvalue weighted by atomic mass is 14.7. The third kappa shape index (κ3) is 3.41. The van der Waals surface area contributed by atoms with Crippen LogP contribution in [0.3, 0.4) is 0 Å². The summed E-state index contributed by atoms with van der Waals surface area (Å²) in [5.41, 5.74) is 25.0. The minimum atomic E-state index is 0.804. The van der Waals surface area contributed by atoms with Gasteiger partial charge in [-0.2, -0.15) is 0 Å². The summed E-state index contributed by atoms with van der Waals surface area (Å²) < 4.78 is 0. The Kier molecular flexibility index (Phi) is 5.33. The van der Waals surface area contributed by atoms with E-state index in [9.17, 15) is 0 Å². The van der Waals surface area contributed by atoms with Crippen molar-refractivity contribution in [3.63, 3.8) is 0 Å². The highest BCUT2D eigenvalue weighted by molar-refractivity contribution is 6.09. The molecule has 0 aliphatic heterocycles. The smallest absolute Gasteiger partial charge is 0.0794 e. The molecule has 0 aliphatic rings. The van der Waals surface area contributed by atoms with E-state index < -0.39 is 0 Å². The van der Waals surface area contributed by atoms with E-state index in [1.54, 1.807) is 0 Å². The molecular weight excluding hydrogens is 414 g/mol. The van der Waals surface area contributed by atoms with Gasteiger partial charge >= 0.3 is 0 Å². The predicted molar refractivity (Wildman–Crippen MR) is 146 cm³/mol. The van der Waals surface area contributed by atoms with E-state index in [-0.39, 0.29) is 0 Å². The number of aromatic nitrogens is 1. The molecule has 0 unspecified atom stereocenters. The molecule has 0 bridgehead atoms. The highest BCUT2D eigenvalue weighted by Gasteiger charge is 2.21. The lowest BCUT2D eigenvalue weighted by Gasteiger charge is -2.20. The van der Waals surface area contributed by atoms with Gasteiger partial charge in [-0.1, -0.05) is 66.7 Å². The van der Waals surface area contributed by atoms with Crippen LogP contribution >= 0.6 is 0 Å². The van der Waals surface area contributed by atoms with Gasteiger partial charge in [0.1, 0.15) is 0 Å². The van der Waals surface area contributed by atoms with Crippen LogP contribution in [0.25, 0.3) is 44.4 Å². The minimum absolute atomic E-state index is 0.804. The minimum Gasteiger partial charge on any atom is -0.399 e. The van der Waals surface area contributed by atoms with Crippen molar-refractivity contribution in [2.75, 3.05) is 11.5 Å². The number of rotatable bonds is 3. The number of pyridine rings is 1. The molecule has 5 rings (SSSR count). The summed E-state index contributed by atoms with van der Waals surface area (Å²) in [5.74, 6) is 0.